The highest BCUT2D eigenvalue weighted by Crippen LogP contribution is 2.35. The van der Waals surface area contributed by atoms with E-state index in [0.29, 0.717) is 35.4 Å². The lowest BCUT2D eigenvalue weighted by atomic mass is 10.2. The number of hydrogen-bond acceptors (Lipinski definition) is 6. The third-order valence-electron chi connectivity index (χ3n) is 4.28. The van der Waals surface area contributed by atoms with Crippen LogP contribution in [-0.4, -0.2) is 47.0 Å². The van der Waals surface area contributed by atoms with Crippen molar-refractivity contribution in [3.05, 3.63) is 58.7 Å². The van der Waals surface area contributed by atoms with Crippen LogP contribution in [-0.2, 0) is 6.18 Å². The van der Waals surface area contributed by atoms with E-state index in [-0.39, 0.29) is 4.47 Å². The molecule has 2 N–H and O–H groups in total. The molecule has 10 heteroatoms. The normalized spacial score (nSPS) is 11.6. The van der Waals surface area contributed by atoms with E-state index in [1.165, 1.54) is 6.07 Å². The predicted octanol–water partition coefficient (Wildman–Crippen LogP) is 5.43. The van der Waals surface area contributed by atoms with Crippen molar-refractivity contribution in [2.24, 2.45) is 0 Å². The summed E-state index contributed by atoms with van der Waals surface area (Å²) in [6, 6.07) is 10.6. The maximum absolute atomic E-state index is 12.9. The van der Waals surface area contributed by atoms with Gasteiger partial charge in [-0.3, -0.25) is 4.98 Å². The molecule has 1 aromatic carbocycles. The number of pyridine rings is 1. The van der Waals surface area contributed by atoms with E-state index >= 15 is 0 Å². The Bertz CT molecular complexity index is 1010. The van der Waals surface area contributed by atoms with Crippen molar-refractivity contribution in [1.82, 2.24) is 19.9 Å². The van der Waals surface area contributed by atoms with Crippen molar-refractivity contribution in [2.45, 2.75) is 12.6 Å². The molecule has 0 unspecified atom stereocenters. The summed E-state index contributed by atoms with van der Waals surface area (Å²) >= 11 is 3.21. The fraction of sp³-hybridized carbons (Fsp3) is 0.286. The molecule has 3 aromatic rings. The van der Waals surface area contributed by atoms with E-state index in [0.717, 1.165) is 25.1 Å². The highest BCUT2D eigenvalue weighted by molar-refractivity contribution is 9.10. The summed E-state index contributed by atoms with van der Waals surface area (Å²) in [5.41, 5.74) is 0.981. The lowest BCUT2D eigenvalue weighted by Gasteiger charge is -2.14. The van der Waals surface area contributed by atoms with E-state index < -0.39 is 11.7 Å². The molecular formula is C21H22BrF3N6. The molecule has 0 spiro atoms. The zero-order valence-electron chi connectivity index (χ0n) is 17.0. The molecule has 0 radical (unpaired) electrons. The van der Waals surface area contributed by atoms with E-state index in [1.54, 1.807) is 12.3 Å². The second-order valence-corrected chi connectivity index (χ2v) is 7.93. The molecular weight excluding hydrogens is 473 g/mol. The lowest BCUT2D eigenvalue weighted by molar-refractivity contribution is -0.137. The summed E-state index contributed by atoms with van der Waals surface area (Å²) in [7, 11) is 4.00. The van der Waals surface area contributed by atoms with Crippen molar-refractivity contribution >= 4 is 33.4 Å². The van der Waals surface area contributed by atoms with Gasteiger partial charge in [-0.05, 0) is 73.3 Å². The minimum atomic E-state index is -4.41. The van der Waals surface area contributed by atoms with Gasteiger partial charge in [0, 0.05) is 23.3 Å². The zero-order chi connectivity index (χ0) is 22.4. The van der Waals surface area contributed by atoms with Crippen LogP contribution in [0.15, 0.2) is 53.1 Å². The predicted molar refractivity (Wildman–Crippen MR) is 119 cm³/mol. The summed E-state index contributed by atoms with van der Waals surface area (Å²) in [4.78, 5) is 15.4. The number of halogens is 4. The smallest absolute Gasteiger partial charge is 0.354 e. The van der Waals surface area contributed by atoms with Gasteiger partial charge in [-0.1, -0.05) is 6.07 Å². The molecule has 0 amide bonds. The summed E-state index contributed by atoms with van der Waals surface area (Å²) in [6.45, 7) is 1.59. The molecule has 0 atom stereocenters. The van der Waals surface area contributed by atoms with Crippen molar-refractivity contribution in [3.8, 4) is 11.4 Å². The first-order valence-corrected chi connectivity index (χ1v) is 10.3. The van der Waals surface area contributed by atoms with Crippen molar-refractivity contribution < 1.29 is 13.2 Å². The lowest BCUT2D eigenvalue weighted by Crippen LogP contribution is -2.17. The van der Waals surface area contributed by atoms with Crippen LogP contribution in [0.1, 0.15) is 12.0 Å². The molecule has 2 heterocycles. The second kappa shape index (κ2) is 10.1. The van der Waals surface area contributed by atoms with Crippen LogP contribution in [0.5, 0.6) is 0 Å². The SMILES string of the molecule is CN(C)CCCNc1nc(Nc2ccc(C(F)(F)F)cc2Br)cc(-c2ccccn2)n1. The Morgan fingerprint density at radius 2 is 1.84 bits per heavy atom. The third-order valence-corrected chi connectivity index (χ3v) is 4.93. The molecule has 0 aliphatic rings. The highest BCUT2D eigenvalue weighted by atomic mass is 79.9. The topological polar surface area (TPSA) is 66.0 Å². The minimum absolute atomic E-state index is 0.279. The Morgan fingerprint density at radius 3 is 2.48 bits per heavy atom. The van der Waals surface area contributed by atoms with Crippen molar-refractivity contribution in [3.63, 3.8) is 0 Å². The van der Waals surface area contributed by atoms with Gasteiger partial charge in [-0.15, -0.1) is 0 Å². The van der Waals surface area contributed by atoms with Crippen molar-refractivity contribution in [1.29, 1.82) is 0 Å². The summed E-state index contributed by atoms with van der Waals surface area (Å²) in [6.07, 6.45) is -1.84. The van der Waals surface area contributed by atoms with Crippen LogP contribution in [0.25, 0.3) is 11.4 Å². The fourth-order valence-corrected chi connectivity index (χ4v) is 3.24. The second-order valence-electron chi connectivity index (χ2n) is 7.08. The first-order chi connectivity index (χ1) is 14.7. The molecule has 3 rings (SSSR count). The monoisotopic (exact) mass is 494 g/mol. The van der Waals surface area contributed by atoms with Gasteiger partial charge >= 0.3 is 6.18 Å². The first kappa shape index (κ1) is 23.0. The summed E-state index contributed by atoms with van der Waals surface area (Å²) in [5.74, 6) is 0.846. The van der Waals surface area contributed by atoms with Gasteiger partial charge in [-0.2, -0.15) is 18.2 Å². The summed E-state index contributed by atoms with van der Waals surface area (Å²) < 4.78 is 39.1. The van der Waals surface area contributed by atoms with E-state index in [4.69, 9.17) is 0 Å². The van der Waals surface area contributed by atoms with E-state index in [1.807, 2.05) is 32.3 Å². The van der Waals surface area contributed by atoms with Gasteiger partial charge in [0.2, 0.25) is 5.95 Å². The number of aromatic nitrogens is 3. The average molecular weight is 495 g/mol. The molecule has 0 aliphatic heterocycles. The van der Waals surface area contributed by atoms with E-state index in [2.05, 4.69) is 46.4 Å². The van der Waals surface area contributed by atoms with Gasteiger partial charge in [0.25, 0.3) is 0 Å². The van der Waals surface area contributed by atoms with Crippen LogP contribution in [0.3, 0.4) is 0 Å². The standard InChI is InChI=1S/C21H22BrF3N6/c1-31(2)11-5-10-27-20-29-18(17-6-3-4-9-26-17)13-19(30-20)28-16-8-7-14(12-15(16)22)21(23,24)25/h3-4,6-9,12-13H,5,10-11H2,1-2H3,(H2,27,28,29,30). The number of nitrogens with one attached hydrogen (secondary N) is 2. The molecule has 6 nitrogen and oxygen atoms in total. The Morgan fingerprint density at radius 1 is 1.03 bits per heavy atom. The Hall–Kier alpha value is -2.72. The molecule has 0 saturated carbocycles. The quantitative estimate of drug-likeness (QED) is 0.407. The Labute approximate surface area is 187 Å². The highest BCUT2D eigenvalue weighted by Gasteiger charge is 2.30. The number of anilines is 3. The maximum Gasteiger partial charge on any atom is 0.416 e. The maximum atomic E-state index is 12.9. The molecule has 164 valence electrons. The molecule has 0 saturated heterocycles. The van der Waals surface area contributed by atoms with Gasteiger partial charge in [0.1, 0.15) is 5.82 Å². The largest absolute Gasteiger partial charge is 0.416 e. The van der Waals surface area contributed by atoms with E-state index in [9.17, 15) is 13.2 Å². The Kier molecular flexibility index (Phi) is 7.45. The van der Waals surface area contributed by atoms with Gasteiger partial charge in [0.05, 0.1) is 22.6 Å². The van der Waals surface area contributed by atoms with Crippen LogP contribution in [0, 0.1) is 0 Å². The van der Waals surface area contributed by atoms with Gasteiger partial charge in [-0.25, -0.2) is 4.98 Å². The molecule has 0 bridgehead atoms. The minimum Gasteiger partial charge on any atom is -0.354 e. The number of benzene rings is 1. The zero-order valence-corrected chi connectivity index (χ0v) is 18.6. The van der Waals surface area contributed by atoms with Crippen molar-refractivity contribution in [2.75, 3.05) is 37.8 Å². The van der Waals surface area contributed by atoms with Crippen LogP contribution < -0.4 is 10.6 Å². The molecule has 31 heavy (non-hydrogen) atoms. The van der Waals surface area contributed by atoms with Crippen LogP contribution in [0.4, 0.5) is 30.6 Å². The average Bonchev–Trinajstić information content (AvgIpc) is 2.72. The van der Waals surface area contributed by atoms with Crippen LogP contribution in [0.2, 0.25) is 0 Å². The summed E-state index contributed by atoms with van der Waals surface area (Å²) in [5, 5.41) is 6.27. The molecule has 0 aliphatic carbocycles. The number of nitrogens with zero attached hydrogens (tertiary/aromatic N) is 4. The molecule has 2 aromatic heterocycles. The fourth-order valence-electron chi connectivity index (χ4n) is 2.76. The Balaban J connectivity index is 1.87. The number of alkyl halides is 3. The number of hydrogen-bond donors (Lipinski definition) is 2. The van der Waals surface area contributed by atoms with Gasteiger partial charge in [0.15, 0.2) is 0 Å². The first-order valence-electron chi connectivity index (χ1n) is 9.55. The molecule has 0 fully saturated rings. The van der Waals surface area contributed by atoms with Crippen LogP contribution >= 0.6 is 15.9 Å². The number of rotatable bonds is 8. The van der Waals surface area contributed by atoms with Gasteiger partial charge < -0.3 is 15.5 Å². The third kappa shape index (κ3) is 6.63.